The van der Waals surface area contributed by atoms with Crippen molar-refractivity contribution in [2.75, 3.05) is 32.8 Å². The molecule has 0 radical (unpaired) electrons. The topological polar surface area (TPSA) is 199 Å². The first-order valence-electron chi connectivity index (χ1n) is 15.8. The Kier molecular flexibility index (Phi) is 10.3. The lowest BCUT2D eigenvalue weighted by Gasteiger charge is -2.39. The van der Waals surface area contributed by atoms with Crippen molar-refractivity contribution in [3.05, 3.63) is 65.4 Å². The largest absolute Gasteiger partial charge is 0.489 e. The molecule has 1 atom stereocenters. The number of fused-ring (bicyclic) bond motifs is 1. The predicted octanol–water partition coefficient (Wildman–Crippen LogP) is 3.55. The minimum absolute atomic E-state index is 0.109. The van der Waals surface area contributed by atoms with E-state index in [1.165, 1.54) is 9.80 Å². The second-order valence-electron chi connectivity index (χ2n) is 11.8. The first-order chi connectivity index (χ1) is 23.0. The first kappa shape index (κ1) is 33.9. The molecule has 4 N–H and O–H groups in total. The summed E-state index contributed by atoms with van der Waals surface area (Å²) in [5, 5.41) is 20.0. The van der Waals surface area contributed by atoms with Crippen LogP contribution in [0.2, 0.25) is 0 Å². The van der Waals surface area contributed by atoms with Gasteiger partial charge >= 0.3 is 18.0 Å². The smallest absolute Gasteiger partial charge is 0.409 e. The number of carbonyl (C=O) groups excluding carboxylic acids is 3. The van der Waals surface area contributed by atoms with Gasteiger partial charge in [-0.1, -0.05) is 30.3 Å². The maximum absolute atomic E-state index is 14.1. The average molecular weight is 663 g/mol. The fraction of sp³-hybridized carbons (Fsp3) is 0.412. The molecule has 14 heteroatoms. The Morgan fingerprint density at radius 2 is 1.67 bits per heavy atom. The molecule has 0 spiro atoms. The molecule has 14 nitrogen and oxygen atoms in total. The number of carboxylic acid groups (broad SMARTS) is 2. The van der Waals surface area contributed by atoms with Gasteiger partial charge in [-0.15, -0.1) is 0 Å². The molecule has 5 rings (SSSR count). The van der Waals surface area contributed by atoms with Gasteiger partial charge in [-0.05, 0) is 56.4 Å². The van der Waals surface area contributed by atoms with Crippen LogP contribution in [0, 0.1) is 0 Å². The Morgan fingerprint density at radius 3 is 2.25 bits per heavy atom. The maximum Gasteiger partial charge on any atom is 0.409 e. The van der Waals surface area contributed by atoms with E-state index in [4.69, 9.17) is 19.9 Å². The zero-order valence-electron chi connectivity index (χ0n) is 26.6. The van der Waals surface area contributed by atoms with Gasteiger partial charge in [0.15, 0.2) is 0 Å². The van der Waals surface area contributed by atoms with Crippen molar-refractivity contribution < 1.29 is 48.4 Å². The number of hydrogen-bond donors (Lipinski definition) is 3. The highest BCUT2D eigenvalue weighted by atomic mass is 16.6. The lowest BCUT2D eigenvalue weighted by Crippen LogP contribution is -2.52. The summed E-state index contributed by atoms with van der Waals surface area (Å²) in [6.07, 6.45) is -0.231. The van der Waals surface area contributed by atoms with Crippen molar-refractivity contribution in [1.29, 1.82) is 0 Å². The number of pyridine rings is 1. The highest BCUT2D eigenvalue weighted by molar-refractivity contribution is 6.05. The molecule has 1 saturated heterocycles. The molecule has 1 aliphatic carbocycles. The van der Waals surface area contributed by atoms with E-state index >= 15 is 0 Å². The minimum atomic E-state index is -1.64. The Labute approximate surface area is 276 Å². The fourth-order valence-corrected chi connectivity index (χ4v) is 5.90. The number of primary amides is 1. The van der Waals surface area contributed by atoms with Crippen LogP contribution in [0.3, 0.4) is 0 Å². The molecule has 1 aliphatic heterocycles. The van der Waals surface area contributed by atoms with Gasteiger partial charge in [0, 0.05) is 38.0 Å². The molecule has 1 aromatic heterocycles. The van der Waals surface area contributed by atoms with Gasteiger partial charge in [-0.2, -0.15) is 0 Å². The standard InChI is InChI=1S/C34H38N4O10/c1-2-46-33(45)38-17-15-37(16-18-38)31(42)23(10-12-26(39)40)28-27(30(35)41)29(48-34(32(43)44)13-6-14-34)24-19-22(9-11-25(24)36-28)47-20-21-7-4-3-5-8-21/h3-5,7-9,11,19,23H,2,6,10,12-18,20H2,1H3,(H2,35,41)(H,39,40)(H,43,44). The molecule has 0 bridgehead atoms. The van der Waals surface area contributed by atoms with E-state index < -0.39 is 47.8 Å². The lowest BCUT2D eigenvalue weighted by atomic mass is 9.80. The Morgan fingerprint density at radius 1 is 0.979 bits per heavy atom. The van der Waals surface area contributed by atoms with Gasteiger partial charge in [-0.25, -0.2) is 9.59 Å². The summed E-state index contributed by atoms with van der Waals surface area (Å²) in [4.78, 5) is 71.4. The molecule has 3 amide bonds. The number of rotatable bonds is 13. The van der Waals surface area contributed by atoms with Crippen LogP contribution in [0.5, 0.6) is 11.5 Å². The normalized spacial score (nSPS) is 16.0. The number of benzene rings is 2. The van der Waals surface area contributed by atoms with E-state index in [0.29, 0.717) is 12.2 Å². The van der Waals surface area contributed by atoms with Crippen LogP contribution in [0.15, 0.2) is 48.5 Å². The van der Waals surface area contributed by atoms with Gasteiger partial charge in [0.2, 0.25) is 11.5 Å². The third kappa shape index (κ3) is 7.27. The third-order valence-electron chi connectivity index (χ3n) is 8.67. The van der Waals surface area contributed by atoms with Crippen LogP contribution in [0.1, 0.15) is 66.6 Å². The van der Waals surface area contributed by atoms with E-state index in [1.54, 1.807) is 25.1 Å². The van der Waals surface area contributed by atoms with Crippen molar-refractivity contribution in [3.63, 3.8) is 0 Å². The quantitative estimate of drug-likeness (QED) is 0.242. The van der Waals surface area contributed by atoms with E-state index in [0.717, 1.165) is 5.56 Å². The van der Waals surface area contributed by atoms with Gasteiger partial charge in [0.05, 0.1) is 23.7 Å². The number of nitrogens with two attached hydrogens (primary N) is 1. The van der Waals surface area contributed by atoms with Crippen LogP contribution in [-0.4, -0.2) is 93.2 Å². The number of carboxylic acids is 2. The van der Waals surface area contributed by atoms with Crippen molar-refractivity contribution in [1.82, 2.24) is 14.8 Å². The molecule has 2 aliphatic rings. The van der Waals surface area contributed by atoms with E-state index in [2.05, 4.69) is 4.98 Å². The SMILES string of the molecule is CCOC(=O)N1CCN(C(=O)C(CCC(=O)O)c2nc3ccc(OCc4ccccc4)cc3c(OC3(C(=O)O)CCC3)c2C(N)=O)CC1. The molecular formula is C34H38N4O10. The third-order valence-corrected chi connectivity index (χ3v) is 8.67. The van der Waals surface area contributed by atoms with Crippen molar-refractivity contribution in [2.45, 2.75) is 57.2 Å². The first-order valence-corrected chi connectivity index (χ1v) is 15.8. The Bertz CT molecular complexity index is 1700. The molecule has 254 valence electrons. The number of nitrogens with zero attached hydrogens (tertiary/aromatic N) is 3. The predicted molar refractivity (Wildman–Crippen MR) is 171 cm³/mol. The van der Waals surface area contributed by atoms with Crippen LogP contribution in [-0.2, 0) is 25.7 Å². The maximum atomic E-state index is 14.1. The molecule has 1 saturated carbocycles. The number of ether oxygens (including phenoxy) is 3. The summed E-state index contributed by atoms with van der Waals surface area (Å²) in [5.41, 5.74) is 5.07. The number of hydrogen-bond acceptors (Lipinski definition) is 9. The second-order valence-corrected chi connectivity index (χ2v) is 11.8. The number of amides is 3. The van der Waals surface area contributed by atoms with Crippen molar-refractivity contribution >= 4 is 40.7 Å². The molecule has 2 aromatic carbocycles. The monoisotopic (exact) mass is 662 g/mol. The molecule has 3 aromatic rings. The zero-order valence-corrected chi connectivity index (χ0v) is 26.6. The molecule has 48 heavy (non-hydrogen) atoms. The highest BCUT2D eigenvalue weighted by Crippen LogP contribution is 2.44. The van der Waals surface area contributed by atoms with E-state index in [9.17, 15) is 34.2 Å². The lowest BCUT2D eigenvalue weighted by molar-refractivity contribution is -0.163. The molecular weight excluding hydrogens is 624 g/mol. The number of carbonyl (C=O) groups is 5. The summed E-state index contributed by atoms with van der Waals surface area (Å²) >= 11 is 0. The van der Waals surface area contributed by atoms with E-state index in [-0.39, 0.29) is 86.6 Å². The van der Waals surface area contributed by atoms with Crippen molar-refractivity contribution in [3.8, 4) is 11.5 Å². The summed E-state index contributed by atoms with van der Waals surface area (Å²) in [5.74, 6) is -4.94. The van der Waals surface area contributed by atoms with Gasteiger partial charge in [0.1, 0.15) is 23.7 Å². The Hall–Kier alpha value is -5.40. The van der Waals surface area contributed by atoms with Crippen LogP contribution >= 0.6 is 0 Å². The second kappa shape index (κ2) is 14.6. The van der Waals surface area contributed by atoms with Crippen LogP contribution in [0.25, 0.3) is 10.9 Å². The van der Waals surface area contributed by atoms with Gasteiger partial charge in [-0.3, -0.25) is 19.4 Å². The zero-order chi connectivity index (χ0) is 34.4. The summed E-state index contributed by atoms with van der Waals surface area (Å²) in [6.45, 7) is 2.76. The van der Waals surface area contributed by atoms with Crippen LogP contribution in [0.4, 0.5) is 4.79 Å². The van der Waals surface area contributed by atoms with Gasteiger partial charge in [0.25, 0.3) is 5.91 Å². The summed E-state index contributed by atoms with van der Waals surface area (Å²) in [7, 11) is 0. The molecule has 1 unspecified atom stereocenters. The fourth-order valence-electron chi connectivity index (χ4n) is 5.90. The summed E-state index contributed by atoms with van der Waals surface area (Å²) in [6, 6.07) is 14.3. The minimum Gasteiger partial charge on any atom is -0.489 e. The molecule has 2 heterocycles. The highest BCUT2D eigenvalue weighted by Gasteiger charge is 2.48. The average Bonchev–Trinajstić information content (AvgIpc) is 3.05. The Balaban J connectivity index is 1.59. The molecule has 2 fully saturated rings. The number of piperazine rings is 1. The van der Waals surface area contributed by atoms with Crippen LogP contribution < -0.4 is 15.2 Å². The van der Waals surface area contributed by atoms with Gasteiger partial charge < -0.3 is 40.0 Å². The van der Waals surface area contributed by atoms with E-state index in [1.807, 2.05) is 30.3 Å². The number of aliphatic carboxylic acids is 2. The van der Waals surface area contributed by atoms with Crippen molar-refractivity contribution in [2.24, 2.45) is 5.73 Å². The summed E-state index contributed by atoms with van der Waals surface area (Å²) < 4.78 is 17.3. The number of aromatic nitrogens is 1.